The first-order chi connectivity index (χ1) is 6.60. The molecule has 0 N–H and O–H groups in total. The fourth-order valence-corrected chi connectivity index (χ4v) is 2.26. The molecule has 0 aliphatic rings. The van der Waals surface area contributed by atoms with Gasteiger partial charge in [-0.25, -0.2) is 4.79 Å². The molecule has 0 bridgehead atoms. The first kappa shape index (κ1) is 11.8. The third kappa shape index (κ3) is 2.41. The number of methoxy groups -OCH3 is 1. The predicted molar refractivity (Wildman–Crippen MR) is 60.0 cm³/mol. The van der Waals surface area contributed by atoms with Gasteiger partial charge in [0.2, 0.25) is 0 Å². The molecule has 0 amide bonds. The fourth-order valence-electron chi connectivity index (χ4n) is 1.03. The summed E-state index contributed by atoms with van der Waals surface area (Å²) >= 11 is 14.8. The van der Waals surface area contributed by atoms with Gasteiger partial charge in [-0.1, -0.05) is 27.5 Å². The van der Waals surface area contributed by atoms with Crippen molar-refractivity contribution in [1.29, 1.82) is 0 Å². The second kappa shape index (κ2) is 5.01. The van der Waals surface area contributed by atoms with Crippen LogP contribution in [0.1, 0.15) is 15.9 Å². The number of halogens is 3. The van der Waals surface area contributed by atoms with E-state index < -0.39 is 5.97 Å². The number of benzene rings is 1. The van der Waals surface area contributed by atoms with Crippen molar-refractivity contribution in [2.75, 3.05) is 7.11 Å². The summed E-state index contributed by atoms with van der Waals surface area (Å²) in [6, 6.07) is 3.32. The smallest absolute Gasteiger partial charge is 0.338 e. The molecule has 76 valence electrons. The van der Waals surface area contributed by atoms with Gasteiger partial charge < -0.3 is 4.74 Å². The van der Waals surface area contributed by atoms with Crippen LogP contribution >= 0.6 is 39.1 Å². The Hall–Kier alpha value is -0.250. The molecular formula is C9H7BrCl2O2. The van der Waals surface area contributed by atoms with Crippen LogP contribution in [0.5, 0.6) is 0 Å². The molecule has 14 heavy (non-hydrogen) atoms. The Bertz CT molecular complexity index is 366. The highest BCUT2D eigenvalue weighted by molar-refractivity contribution is 9.10. The SMILES string of the molecule is COC(=O)c1cc(Br)cc(Cl)c1CCl. The van der Waals surface area contributed by atoms with Crippen LogP contribution in [0.15, 0.2) is 16.6 Å². The van der Waals surface area contributed by atoms with Gasteiger partial charge in [0.25, 0.3) is 0 Å². The van der Waals surface area contributed by atoms with Crippen molar-refractivity contribution in [2.45, 2.75) is 5.88 Å². The van der Waals surface area contributed by atoms with Crippen LogP contribution in [0.3, 0.4) is 0 Å². The monoisotopic (exact) mass is 296 g/mol. The fraction of sp³-hybridized carbons (Fsp3) is 0.222. The molecule has 0 aliphatic heterocycles. The Morgan fingerprint density at radius 3 is 2.71 bits per heavy atom. The molecule has 1 rings (SSSR count). The maximum Gasteiger partial charge on any atom is 0.338 e. The molecular weight excluding hydrogens is 291 g/mol. The minimum absolute atomic E-state index is 0.177. The summed E-state index contributed by atoms with van der Waals surface area (Å²) in [7, 11) is 1.31. The van der Waals surface area contributed by atoms with Crippen molar-refractivity contribution in [3.8, 4) is 0 Å². The van der Waals surface area contributed by atoms with Crippen LogP contribution in [0, 0.1) is 0 Å². The van der Waals surface area contributed by atoms with Gasteiger partial charge in [-0.15, -0.1) is 11.6 Å². The number of hydrogen-bond donors (Lipinski definition) is 0. The van der Waals surface area contributed by atoms with Crippen LogP contribution in [0.25, 0.3) is 0 Å². The Kier molecular flexibility index (Phi) is 4.23. The van der Waals surface area contributed by atoms with Gasteiger partial charge in [0.05, 0.1) is 12.7 Å². The molecule has 0 saturated carbocycles. The molecule has 0 atom stereocenters. The minimum atomic E-state index is -0.441. The number of alkyl halides is 1. The van der Waals surface area contributed by atoms with Gasteiger partial charge in [0.1, 0.15) is 0 Å². The third-order valence-corrected chi connectivity index (χ3v) is 2.76. The summed E-state index contributed by atoms with van der Waals surface area (Å²) in [5.74, 6) is -0.264. The minimum Gasteiger partial charge on any atom is -0.465 e. The van der Waals surface area contributed by atoms with Gasteiger partial charge in [0.15, 0.2) is 0 Å². The van der Waals surface area contributed by atoms with E-state index in [1.807, 2.05) is 0 Å². The highest BCUT2D eigenvalue weighted by atomic mass is 79.9. The predicted octanol–water partition coefficient (Wildman–Crippen LogP) is 3.63. The summed E-state index contributed by atoms with van der Waals surface area (Å²) < 4.78 is 5.33. The van der Waals surface area contributed by atoms with Gasteiger partial charge in [0, 0.05) is 20.9 Å². The van der Waals surface area contributed by atoms with Crippen LogP contribution in [0.2, 0.25) is 5.02 Å². The van der Waals surface area contributed by atoms with E-state index in [9.17, 15) is 4.79 Å². The second-order valence-corrected chi connectivity index (χ2v) is 4.13. The molecule has 0 heterocycles. The third-order valence-electron chi connectivity index (χ3n) is 1.70. The van der Waals surface area contributed by atoms with Gasteiger partial charge in [-0.05, 0) is 12.1 Å². The lowest BCUT2D eigenvalue weighted by atomic mass is 10.1. The number of ether oxygens (including phenoxy) is 1. The molecule has 1 aromatic carbocycles. The average molecular weight is 298 g/mol. The molecule has 0 fully saturated rings. The van der Waals surface area contributed by atoms with Crippen LogP contribution in [-0.2, 0) is 10.6 Å². The summed E-state index contributed by atoms with van der Waals surface area (Å²) in [6.07, 6.45) is 0. The molecule has 0 radical (unpaired) electrons. The number of esters is 1. The van der Waals surface area contributed by atoms with Crippen molar-refractivity contribution in [3.05, 3.63) is 32.8 Å². The zero-order chi connectivity index (χ0) is 10.7. The maximum absolute atomic E-state index is 11.3. The van der Waals surface area contributed by atoms with Crippen molar-refractivity contribution in [2.24, 2.45) is 0 Å². The Morgan fingerprint density at radius 2 is 2.21 bits per heavy atom. The molecule has 1 aromatic rings. The number of hydrogen-bond acceptors (Lipinski definition) is 2. The summed E-state index contributed by atoms with van der Waals surface area (Å²) in [5.41, 5.74) is 0.977. The van der Waals surface area contributed by atoms with Crippen molar-refractivity contribution in [1.82, 2.24) is 0 Å². The lowest BCUT2D eigenvalue weighted by Crippen LogP contribution is -2.05. The first-order valence-corrected chi connectivity index (χ1v) is 5.43. The van der Waals surface area contributed by atoms with E-state index in [1.54, 1.807) is 12.1 Å². The van der Waals surface area contributed by atoms with Gasteiger partial charge in [-0.2, -0.15) is 0 Å². The standard InChI is InChI=1S/C9H7BrCl2O2/c1-14-9(13)6-2-5(10)3-8(12)7(6)4-11/h2-3H,4H2,1H3. The van der Waals surface area contributed by atoms with Crippen LogP contribution in [0.4, 0.5) is 0 Å². The molecule has 0 unspecified atom stereocenters. The summed E-state index contributed by atoms with van der Waals surface area (Å²) in [6.45, 7) is 0. The van der Waals surface area contributed by atoms with Crippen molar-refractivity contribution >= 4 is 45.1 Å². The van der Waals surface area contributed by atoms with E-state index in [1.165, 1.54) is 7.11 Å². The normalized spacial score (nSPS) is 10.0. The van der Waals surface area contributed by atoms with E-state index in [-0.39, 0.29) is 5.88 Å². The molecule has 0 aliphatic carbocycles. The van der Waals surface area contributed by atoms with Gasteiger partial charge >= 0.3 is 5.97 Å². The summed E-state index contributed by atoms with van der Waals surface area (Å²) in [5, 5.41) is 0.453. The summed E-state index contributed by atoms with van der Waals surface area (Å²) in [4.78, 5) is 11.3. The highest BCUT2D eigenvalue weighted by Gasteiger charge is 2.15. The second-order valence-electron chi connectivity index (χ2n) is 2.54. The number of rotatable bonds is 2. The van der Waals surface area contributed by atoms with E-state index in [4.69, 9.17) is 23.2 Å². The van der Waals surface area contributed by atoms with Crippen molar-refractivity contribution < 1.29 is 9.53 Å². The van der Waals surface area contributed by atoms with Crippen LogP contribution in [-0.4, -0.2) is 13.1 Å². The first-order valence-electron chi connectivity index (χ1n) is 3.72. The zero-order valence-electron chi connectivity index (χ0n) is 7.31. The van der Waals surface area contributed by atoms with Crippen molar-refractivity contribution in [3.63, 3.8) is 0 Å². The maximum atomic E-state index is 11.3. The molecule has 5 heteroatoms. The number of carbonyl (C=O) groups is 1. The van der Waals surface area contributed by atoms with Gasteiger partial charge in [-0.3, -0.25) is 0 Å². The largest absolute Gasteiger partial charge is 0.465 e. The highest BCUT2D eigenvalue weighted by Crippen LogP contribution is 2.27. The average Bonchev–Trinajstić information content (AvgIpc) is 2.15. The molecule has 0 spiro atoms. The Morgan fingerprint density at radius 1 is 1.57 bits per heavy atom. The van der Waals surface area contributed by atoms with E-state index >= 15 is 0 Å². The van der Waals surface area contributed by atoms with E-state index in [0.717, 1.165) is 4.47 Å². The number of carbonyl (C=O) groups excluding carboxylic acids is 1. The molecule has 0 saturated heterocycles. The Labute approximate surface area is 100 Å². The lowest BCUT2D eigenvalue weighted by molar-refractivity contribution is 0.0599. The zero-order valence-corrected chi connectivity index (χ0v) is 10.4. The Balaban J connectivity index is 3.32. The molecule has 0 aromatic heterocycles. The van der Waals surface area contributed by atoms with E-state index in [2.05, 4.69) is 20.7 Å². The van der Waals surface area contributed by atoms with E-state index in [0.29, 0.717) is 16.1 Å². The molecule has 2 nitrogen and oxygen atoms in total. The van der Waals surface area contributed by atoms with Crippen LogP contribution < -0.4 is 0 Å². The topological polar surface area (TPSA) is 26.3 Å². The quantitative estimate of drug-likeness (QED) is 0.615. The lowest BCUT2D eigenvalue weighted by Gasteiger charge is -2.07.